The molecule has 0 bridgehead atoms. The third kappa shape index (κ3) is 1.84. The average molecular weight is 276 g/mol. The predicted octanol–water partition coefficient (Wildman–Crippen LogP) is -0.720. The van der Waals surface area contributed by atoms with Gasteiger partial charge in [0.1, 0.15) is 0 Å². The minimum absolute atomic E-state index is 0.127. The number of aryl methyl sites for hydroxylation is 3. The van der Waals surface area contributed by atoms with E-state index >= 15 is 0 Å². The van der Waals surface area contributed by atoms with E-state index in [1.807, 2.05) is 6.92 Å². The number of nitrogens with zero attached hydrogens (tertiary/aromatic N) is 6. The Kier molecular flexibility index (Phi) is 2.73. The van der Waals surface area contributed by atoms with Crippen LogP contribution in [0, 0.1) is 6.92 Å². The van der Waals surface area contributed by atoms with E-state index in [0.717, 1.165) is 5.69 Å². The van der Waals surface area contributed by atoms with Crippen LogP contribution in [0.3, 0.4) is 0 Å². The molecule has 2 aromatic heterocycles. The van der Waals surface area contributed by atoms with E-state index in [0.29, 0.717) is 31.2 Å². The van der Waals surface area contributed by atoms with Gasteiger partial charge in [0.25, 0.3) is 5.91 Å². The topological polar surface area (TPSA) is 78.0 Å². The van der Waals surface area contributed by atoms with Crippen molar-refractivity contribution >= 4 is 5.91 Å². The van der Waals surface area contributed by atoms with E-state index < -0.39 is 0 Å². The molecule has 0 radical (unpaired) electrons. The van der Waals surface area contributed by atoms with Crippen molar-refractivity contribution in [3.8, 4) is 0 Å². The Bertz CT molecular complexity index is 718. The lowest BCUT2D eigenvalue weighted by molar-refractivity contribution is 0.0699. The van der Waals surface area contributed by atoms with Gasteiger partial charge in [-0.1, -0.05) is 0 Å². The molecule has 0 fully saturated rings. The number of hydrogen-bond donors (Lipinski definition) is 0. The first-order valence-electron chi connectivity index (χ1n) is 6.40. The van der Waals surface area contributed by atoms with Crippen molar-refractivity contribution in [1.82, 2.24) is 29.0 Å². The van der Waals surface area contributed by atoms with Gasteiger partial charge in [-0.15, -0.1) is 0 Å². The normalized spacial score (nSPS) is 14.4. The minimum Gasteiger partial charge on any atom is -0.328 e. The standard InChI is InChI=1S/C12H16N6O2/c1-8-6-9(13-15(8)2)11(19)17-4-5-18-10(7-17)14-16(3)12(18)20/h6H,4-5,7H2,1-3H3. The van der Waals surface area contributed by atoms with Crippen LogP contribution >= 0.6 is 0 Å². The number of fused-ring (bicyclic) bond motifs is 1. The van der Waals surface area contributed by atoms with Gasteiger partial charge in [0.2, 0.25) is 0 Å². The van der Waals surface area contributed by atoms with Crippen molar-refractivity contribution in [3.63, 3.8) is 0 Å². The van der Waals surface area contributed by atoms with E-state index in [1.54, 1.807) is 34.3 Å². The molecule has 8 nitrogen and oxygen atoms in total. The number of carbonyl (C=O) groups is 1. The third-order valence-electron chi connectivity index (χ3n) is 3.63. The molecule has 0 N–H and O–H groups in total. The monoisotopic (exact) mass is 276 g/mol. The highest BCUT2D eigenvalue weighted by molar-refractivity contribution is 5.92. The second-order valence-corrected chi connectivity index (χ2v) is 5.00. The summed E-state index contributed by atoms with van der Waals surface area (Å²) in [5.41, 5.74) is 1.22. The van der Waals surface area contributed by atoms with Crippen LogP contribution in [0.4, 0.5) is 0 Å². The van der Waals surface area contributed by atoms with Gasteiger partial charge in [0, 0.05) is 32.9 Å². The van der Waals surface area contributed by atoms with Crippen LogP contribution in [0.15, 0.2) is 10.9 Å². The highest BCUT2D eigenvalue weighted by Gasteiger charge is 2.26. The summed E-state index contributed by atoms with van der Waals surface area (Å²) >= 11 is 0. The molecule has 3 heterocycles. The summed E-state index contributed by atoms with van der Waals surface area (Å²) in [6, 6.07) is 1.77. The van der Waals surface area contributed by atoms with Gasteiger partial charge in [0.05, 0.1) is 6.54 Å². The van der Waals surface area contributed by atoms with Gasteiger partial charge in [-0.3, -0.25) is 14.0 Å². The van der Waals surface area contributed by atoms with E-state index in [4.69, 9.17) is 0 Å². The number of aromatic nitrogens is 5. The van der Waals surface area contributed by atoms with Crippen molar-refractivity contribution < 1.29 is 4.79 Å². The summed E-state index contributed by atoms with van der Waals surface area (Å²) in [6.45, 7) is 3.20. The molecule has 1 amide bonds. The SMILES string of the molecule is Cc1cc(C(=O)N2CCn3c(nn(C)c3=O)C2)nn1C. The van der Waals surface area contributed by atoms with Crippen LogP contribution in [-0.2, 0) is 27.2 Å². The van der Waals surface area contributed by atoms with Crippen LogP contribution in [0.1, 0.15) is 22.0 Å². The van der Waals surface area contributed by atoms with Crippen molar-refractivity contribution in [1.29, 1.82) is 0 Å². The zero-order valence-corrected chi connectivity index (χ0v) is 11.7. The van der Waals surface area contributed by atoms with Crippen molar-refractivity contribution in [2.45, 2.75) is 20.0 Å². The number of amides is 1. The molecule has 0 aromatic carbocycles. The summed E-state index contributed by atoms with van der Waals surface area (Å²) < 4.78 is 4.58. The molecule has 0 saturated heterocycles. The summed E-state index contributed by atoms with van der Waals surface area (Å²) in [4.78, 5) is 25.8. The fraction of sp³-hybridized carbons (Fsp3) is 0.500. The maximum atomic E-state index is 12.4. The highest BCUT2D eigenvalue weighted by atomic mass is 16.2. The van der Waals surface area contributed by atoms with Crippen LogP contribution in [-0.4, -0.2) is 41.5 Å². The molecule has 106 valence electrons. The molecule has 2 aromatic rings. The molecular weight excluding hydrogens is 260 g/mol. The second-order valence-electron chi connectivity index (χ2n) is 5.00. The van der Waals surface area contributed by atoms with Crippen LogP contribution < -0.4 is 5.69 Å². The molecule has 20 heavy (non-hydrogen) atoms. The van der Waals surface area contributed by atoms with Crippen molar-refractivity contribution in [2.24, 2.45) is 14.1 Å². The van der Waals surface area contributed by atoms with Crippen molar-refractivity contribution in [3.05, 3.63) is 33.8 Å². The fourth-order valence-corrected chi connectivity index (χ4v) is 2.37. The minimum atomic E-state index is -0.138. The van der Waals surface area contributed by atoms with Crippen LogP contribution in [0.25, 0.3) is 0 Å². The maximum Gasteiger partial charge on any atom is 0.345 e. The first kappa shape index (κ1) is 12.6. The third-order valence-corrected chi connectivity index (χ3v) is 3.63. The molecule has 0 saturated carbocycles. The zero-order chi connectivity index (χ0) is 14.4. The first-order chi connectivity index (χ1) is 9.47. The van der Waals surface area contributed by atoms with E-state index in [1.165, 1.54) is 4.68 Å². The lowest BCUT2D eigenvalue weighted by atomic mass is 10.3. The lowest BCUT2D eigenvalue weighted by Crippen LogP contribution is -2.41. The summed E-state index contributed by atoms with van der Waals surface area (Å²) in [7, 11) is 3.42. The second kappa shape index (κ2) is 4.32. The fourth-order valence-electron chi connectivity index (χ4n) is 2.37. The van der Waals surface area contributed by atoms with Crippen molar-refractivity contribution in [2.75, 3.05) is 6.54 Å². The van der Waals surface area contributed by atoms with Crippen LogP contribution in [0.5, 0.6) is 0 Å². The molecular formula is C12H16N6O2. The number of rotatable bonds is 1. The van der Waals surface area contributed by atoms with E-state index in [9.17, 15) is 9.59 Å². The quantitative estimate of drug-likeness (QED) is 0.688. The molecule has 0 spiro atoms. The van der Waals surface area contributed by atoms with Crippen LogP contribution in [0.2, 0.25) is 0 Å². The zero-order valence-electron chi connectivity index (χ0n) is 11.7. The Labute approximate surface area is 115 Å². The molecule has 1 aliphatic rings. The Morgan fingerprint density at radius 1 is 1.20 bits per heavy atom. The van der Waals surface area contributed by atoms with Gasteiger partial charge in [-0.05, 0) is 13.0 Å². The predicted molar refractivity (Wildman–Crippen MR) is 70.2 cm³/mol. The summed E-state index contributed by atoms with van der Waals surface area (Å²) in [5, 5.41) is 8.34. The van der Waals surface area contributed by atoms with Gasteiger partial charge < -0.3 is 4.90 Å². The Morgan fingerprint density at radius 3 is 2.60 bits per heavy atom. The average Bonchev–Trinajstić information content (AvgIpc) is 2.90. The molecule has 0 atom stereocenters. The van der Waals surface area contributed by atoms with Gasteiger partial charge >= 0.3 is 5.69 Å². The largest absolute Gasteiger partial charge is 0.345 e. The number of hydrogen-bond acceptors (Lipinski definition) is 4. The molecule has 1 aliphatic heterocycles. The van der Waals surface area contributed by atoms with Gasteiger partial charge in [-0.25, -0.2) is 9.48 Å². The molecule has 0 aliphatic carbocycles. The summed E-state index contributed by atoms with van der Waals surface area (Å²) in [5.74, 6) is 0.489. The smallest absolute Gasteiger partial charge is 0.328 e. The Balaban J connectivity index is 1.86. The maximum absolute atomic E-state index is 12.4. The first-order valence-corrected chi connectivity index (χ1v) is 6.40. The van der Waals surface area contributed by atoms with E-state index in [2.05, 4.69) is 10.2 Å². The number of carbonyl (C=O) groups excluding carboxylic acids is 1. The Morgan fingerprint density at radius 2 is 1.95 bits per heavy atom. The van der Waals surface area contributed by atoms with Gasteiger partial charge in [-0.2, -0.15) is 10.2 Å². The Hall–Kier alpha value is -2.38. The molecule has 8 heteroatoms. The summed E-state index contributed by atoms with van der Waals surface area (Å²) in [6.07, 6.45) is 0. The lowest BCUT2D eigenvalue weighted by Gasteiger charge is -2.25. The highest BCUT2D eigenvalue weighted by Crippen LogP contribution is 2.12. The molecule has 3 rings (SSSR count). The van der Waals surface area contributed by atoms with Gasteiger partial charge in [0.15, 0.2) is 11.5 Å². The molecule has 0 unspecified atom stereocenters. The van der Waals surface area contributed by atoms with E-state index in [-0.39, 0.29) is 11.6 Å².